The van der Waals surface area contributed by atoms with E-state index in [1.807, 2.05) is 27.7 Å². The molecule has 1 fully saturated rings. The molecule has 0 spiro atoms. The number of rotatable bonds is 5. The number of hydrogen-bond donors (Lipinski definition) is 1. The van der Waals surface area contributed by atoms with Crippen molar-refractivity contribution in [1.29, 1.82) is 0 Å². The van der Waals surface area contributed by atoms with Crippen LogP contribution in [0.5, 0.6) is 0 Å². The standard InChI is InChI=1S/C15H23BFNO4S/c1-6-10-23(19,20)18-12-9-7-8-11(13(12)17)16-21-14(2,3)15(4,5)22-16/h7-9,18H,6,10H2,1-5H3. The van der Waals surface area contributed by atoms with Gasteiger partial charge in [-0.05, 0) is 40.2 Å². The zero-order chi connectivity index (χ0) is 17.5. The molecule has 1 aliphatic heterocycles. The van der Waals surface area contributed by atoms with Crippen molar-refractivity contribution in [3.8, 4) is 0 Å². The van der Waals surface area contributed by atoms with Gasteiger partial charge in [0, 0.05) is 5.46 Å². The van der Waals surface area contributed by atoms with Gasteiger partial charge in [0.2, 0.25) is 10.0 Å². The topological polar surface area (TPSA) is 64.6 Å². The van der Waals surface area contributed by atoms with Crippen LogP contribution >= 0.6 is 0 Å². The van der Waals surface area contributed by atoms with E-state index in [9.17, 15) is 12.8 Å². The zero-order valence-electron chi connectivity index (χ0n) is 14.1. The van der Waals surface area contributed by atoms with Crippen molar-refractivity contribution in [3.05, 3.63) is 24.0 Å². The third-order valence-electron chi connectivity index (χ3n) is 4.27. The van der Waals surface area contributed by atoms with Gasteiger partial charge < -0.3 is 9.31 Å². The number of nitrogens with one attached hydrogen (secondary N) is 1. The van der Waals surface area contributed by atoms with Gasteiger partial charge in [0.25, 0.3) is 0 Å². The molecule has 0 amide bonds. The summed E-state index contributed by atoms with van der Waals surface area (Å²) in [5, 5.41) is 0. The molecular formula is C15H23BFNO4S. The van der Waals surface area contributed by atoms with Gasteiger partial charge in [-0.15, -0.1) is 0 Å². The summed E-state index contributed by atoms with van der Waals surface area (Å²) < 4.78 is 52.3. The normalized spacial score (nSPS) is 19.8. The van der Waals surface area contributed by atoms with E-state index in [0.29, 0.717) is 6.42 Å². The molecule has 1 aromatic rings. The number of anilines is 1. The first-order valence-corrected chi connectivity index (χ1v) is 9.29. The third-order valence-corrected chi connectivity index (χ3v) is 5.75. The summed E-state index contributed by atoms with van der Waals surface area (Å²) in [5.41, 5.74) is -1.10. The van der Waals surface area contributed by atoms with E-state index < -0.39 is 34.2 Å². The number of benzene rings is 1. The van der Waals surface area contributed by atoms with Crippen LogP contribution in [0.15, 0.2) is 18.2 Å². The highest BCUT2D eigenvalue weighted by atomic mass is 32.2. The summed E-state index contributed by atoms with van der Waals surface area (Å²) in [4.78, 5) is 0. The lowest BCUT2D eigenvalue weighted by Gasteiger charge is -2.32. The van der Waals surface area contributed by atoms with E-state index in [4.69, 9.17) is 9.31 Å². The summed E-state index contributed by atoms with van der Waals surface area (Å²) in [7, 11) is -4.44. The average molecular weight is 343 g/mol. The Labute approximate surface area is 137 Å². The van der Waals surface area contributed by atoms with E-state index >= 15 is 0 Å². The summed E-state index contributed by atoms with van der Waals surface area (Å²) >= 11 is 0. The fourth-order valence-electron chi connectivity index (χ4n) is 2.27. The molecule has 8 heteroatoms. The van der Waals surface area contributed by atoms with Crippen molar-refractivity contribution in [1.82, 2.24) is 0 Å². The fourth-order valence-corrected chi connectivity index (χ4v) is 3.40. The molecule has 1 N–H and O–H groups in total. The van der Waals surface area contributed by atoms with Gasteiger partial charge in [-0.25, -0.2) is 12.8 Å². The van der Waals surface area contributed by atoms with Crippen molar-refractivity contribution >= 4 is 28.3 Å². The van der Waals surface area contributed by atoms with Gasteiger partial charge >= 0.3 is 7.12 Å². The lowest BCUT2D eigenvalue weighted by Crippen LogP contribution is -2.41. The molecule has 1 aliphatic rings. The van der Waals surface area contributed by atoms with Crippen LogP contribution in [0.2, 0.25) is 0 Å². The molecule has 0 saturated carbocycles. The van der Waals surface area contributed by atoms with Gasteiger partial charge in [-0.1, -0.05) is 19.1 Å². The highest BCUT2D eigenvalue weighted by molar-refractivity contribution is 7.92. The maximum atomic E-state index is 14.7. The molecule has 5 nitrogen and oxygen atoms in total. The Morgan fingerprint density at radius 3 is 2.26 bits per heavy atom. The van der Waals surface area contributed by atoms with E-state index in [0.717, 1.165) is 0 Å². The van der Waals surface area contributed by atoms with Crippen LogP contribution in [0.4, 0.5) is 10.1 Å². The minimum atomic E-state index is -3.56. The number of halogens is 1. The summed E-state index contributed by atoms with van der Waals surface area (Å²) in [5.74, 6) is -0.738. The molecule has 0 atom stereocenters. The molecule has 0 bridgehead atoms. The van der Waals surface area contributed by atoms with Crippen LogP contribution < -0.4 is 10.2 Å². The van der Waals surface area contributed by atoms with Crippen LogP contribution in [0.25, 0.3) is 0 Å². The summed E-state index contributed by atoms with van der Waals surface area (Å²) in [6.07, 6.45) is 0.452. The van der Waals surface area contributed by atoms with Crippen molar-refractivity contribution in [3.63, 3.8) is 0 Å². The Hall–Kier alpha value is -1.12. The predicted octanol–water partition coefficient (Wildman–Crippen LogP) is 2.28. The Morgan fingerprint density at radius 1 is 1.17 bits per heavy atom. The van der Waals surface area contributed by atoms with Crippen LogP contribution in [-0.2, 0) is 19.3 Å². The SMILES string of the molecule is CCCS(=O)(=O)Nc1cccc(B2OC(C)(C)C(C)(C)O2)c1F. The lowest BCUT2D eigenvalue weighted by molar-refractivity contribution is 0.00578. The summed E-state index contributed by atoms with van der Waals surface area (Å²) in [6.45, 7) is 9.24. The first-order valence-electron chi connectivity index (χ1n) is 7.63. The monoisotopic (exact) mass is 343 g/mol. The summed E-state index contributed by atoms with van der Waals surface area (Å²) in [6, 6.07) is 4.50. The van der Waals surface area contributed by atoms with E-state index in [1.54, 1.807) is 13.0 Å². The van der Waals surface area contributed by atoms with Gasteiger partial charge in [0.05, 0.1) is 22.6 Å². The maximum absolute atomic E-state index is 14.7. The molecule has 23 heavy (non-hydrogen) atoms. The molecular weight excluding hydrogens is 320 g/mol. The third kappa shape index (κ3) is 3.70. The van der Waals surface area contributed by atoms with Crippen LogP contribution in [0.3, 0.4) is 0 Å². The molecule has 2 rings (SSSR count). The maximum Gasteiger partial charge on any atom is 0.497 e. The number of hydrogen-bond acceptors (Lipinski definition) is 4. The zero-order valence-corrected chi connectivity index (χ0v) is 15.0. The highest BCUT2D eigenvalue weighted by Gasteiger charge is 2.52. The van der Waals surface area contributed by atoms with Crippen molar-refractivity contribution in [2.75, 3.05) is 10.5 Å². The van der Waals surface area contributed by atoms with Gasteiger partial charge in [-0.2, -0.15) is 0 Å². The lowest BCUT2D eigenvalue weighted by atomic mass is 9.78. The minimum Gasteiger partial charge on any atom is -0.399 e. The van der Waals surface area contributed by atoms with E-state index in [-0.39, 0.29) is 16.9 Å². The van der Waals surface area contributed by atoms with Crippen LogP contribution in [-0.4, -0.2) is 32.5 Å². The van der Waals surface area contributed by atoms with Crippen LogP contribution in [0.1, 0.15) is 41.0 Å². The van der Waals surface area contributed by atoms with Crippen molar-refractivity contribution in [2.45, 2.75) is 52.2 Å². The fraction of sp³-hybridized carbons (Fsp3) is 0.600. The number of sulfonamides is 1. The molecule has 0 aliphatic carbocycles. The second kappa shape index (κ2) is 6.07. The molecule has 128 valence electrons. The Bertz CT molecular complexity index is 675. The minimum absolute atomic E-state index is 0.0623. The van der Waals surface area contributed by atoms with E-state index in [2.05, 4.69) is 4.72 Å². The molecule has 1 heterocycles. The molecule has 0 radical (unpaired) electrons. The molecule has 0 aromatic heterocycles. The second-order valence-electron chi connectivity index (χ2n) is 6.72. The smallest absolute Gasteiger partial charge is 0.399 e. The van der Waals surface area contributed by atoms with Gasteiger partial charge in [0.15, 0.2) is 0 Å². The first kappa shape index (κ1) is 18.2. The van der Waals surface area contributed by atoms with Gasteiger partial charge in [-0.3, -0.25) is 4.72 Å². The van der Waals surface area contributed by atoms with E-state index in [1.165, 1.54) is 12.1 Å². The Kier molecular flexibility index (Phi) is 4.81. The quantitative estimate of drug-likeness (QED) is 0.833. The molecule has 1 aromatic carbocycles. The first-order chi connectivity index (χ1) is 10.5. The largest absolute Gasteiger partial charge is 0.497 e. The average Bonchev–Trinajstić information content (AvgIpc) is 2.60. The highest BCUT2D eigenvalue weighted by Crippen LogP contribution is 2.36. The van der Waals surface area contributed by atoms with Crippen molar-refractivity contribution in [2.24, 2.45) is 0 Å². The molecule has 0 unspecified atom stereocenters. The second-order valence-corrected chi connectivity index (χ2v) is 8.56. The Morgan fingerprint density at radius 2 is 1.74 bits per heavy atom. The van der Waals surface area contributed by atoms with Crippen LogP contribution in [0, 0.1) is 5.82 Å². The van der Waals surface area contributed by atoms with Gasteiger partial charge in [0.1, 0.15) is 5.82 Å². The Balaban J connectivity index is 2.31. The predicted molar refractivity (Wildman–Crippen MR) is 89.8 cm³/mol. The molecule has 1 saturated heterocycles. The van der Waals surface area contributed by atoms with Crippen molar-refractivity contribution < 1.29 is 22.1 Å².